The number of anilines is 3. The third-order valence-corrected chi connectivity index (χ3v) is 9.10. The Balaban J connectivity index is 1.26. The highest BCUT2D eigenvalue weighted by molar-refractivity contribution is 6.21. The zero-order chi connectivity index (χ0) is 31.6. The summed E-state index contributed by atoms with van der Waals surface area (Å²) >= 11 is 0. The molecule has 0 fully saturated rings. The van der Waals surface area contributed by atoms with E-state index in [1.165, 1.54) is 0 Å². The van der Waals surface area contributed by atoms with E-state index >= 15 is 0 Å². The van der Waals surface area contributed by atoms with Crippen molar-refractivity contribution in [2.45, 2.75) is 0 Å². The molecule has 0 amide bonds. The smallest absolute Gasteiger partial charge is 0.227 e. The predicted molar refractivity (Wildman–Crippen MR) is 194 cm³/mol. The van der Waals surface area contributed by atoms with Gasteiger partial charge in [-0.2, -0.15) is 0 Å². The van der Waals surface area contributed by atoms with Crippen LogP contribution in [0.4, 0.5) is 17.1 Å². The van der Waals surface area contributed by atoms with Crippen LogP contribution in [0, 0.1) is 0 Å². The molecular formula is C43H26N2O3. The molecule has 0 saturated heterocycles. The second-order valence-corrected chi connectivity index (χ2v) is 12.0. The number of rotatable bonds is 5. The quantitative estimate of drug-likeness (QED) is 0.192. The molecule has 3 heterocycles. The molecule has 0 aliphatic carbocycles. The second kappa shape index (κ2) is 10.5. The van der Waals surface area contributed by atoms with Crippen molar-refractivity contribution in [1.29, 1.82) is 0 Å². The molecule has 0 atom stereocenters. The van der Waals surface area contributed by atoms with E-state index in [1.807, 2.05) is 78.9 Å². The fraction of sp³-hybridized carbons (Fsp3) is 0. The fourth-order valence-electron chi connectivity index (χ4n) is 6.84. The average molecular weight is 619 g/mol. The Hall–Kier alpha value is -6.59. The topological polar surface area (TPSA) is 55.6 Å². The van der Waals surface area contributed by atoms with Gasteiger partial charge in [0.15, 0.2) is 11.2 Å². The lowest BCUT2D eigenvalue weighted by atomic mass is 10.0. The summed E-state index contributed by atoms with van der Waals surface area (Å²) in [5, 5.41) is 4.02. The van der Waals surface area contributed by atoms with Crippen molar-refractivity contribution >= 4 is 72.0 Å². The lowest BCUT2D eigenvalue weighted by Crippen LogP contribution is -2.10. The van der Waals surface area contributed by atoms with Crippen molar-refractivity contribution in [3.63, 3.8) is 0 Å². The number of benzene rings is 7. The largest absolute Gasteiger partial charge is 0.456 e. The third-order valence-electron chi connectivity index (χ3n) is 9.10. The molecule has 0 bridgehead atoms. The Morgan fingerprint density at radius 2 is 1.02 bits per heavy atom. The first-order valence-electron chi connectivity index (χ1n) is 16.0. The van der Waals surface area contributed by atoms with Crippen molar-refractivity contribution in [3.8, 4) is 22.6 Å². The van der Waals surface area contributed by atoms with E-state index in [-0.39, 0.29) is 0 Å². The van der Waals surface area contributed by atoms with Crippen LogP contribution in [0.15, 0.2) is 171 Å². The van der Waals surface area contributed by atoms with Crippen LogP contribution in [0.1, 0.15) is 0 Å². The van der Waals surface area contributed by atoms with Crippen molar-refractivity contribution < 1.29 is 13.3 Å². The van der Waals surface area contributed by atoms with Crippen LogP contribution in [0.3, 0.4) is 0 Å². The van der Waals surface area contributed by atoms with Gasteiger partial charge in [0.2, 0.25) is 5.89 Å². The van der Waals surface area contributed by atoms with Crippen LogP contribution in [-0.4, -0.2) is 4.98 Å². The molecule has 0 aliphatic heterocycles. The highest BCUT2D eigenvalue weighted by Crippen LogP contribution is 2.47. The number of aromatic nitrogens is 1. The summed E-state index contributed by atoms with van der Waals surface area (Å²) in [6.45, 7) is 0. The van der Waals surface area contributed by atoms with Crippen LogP contribution in [0.2, 0.25) is 0 Å². The molecule has 3 aromatic heterocycles. The highest BCUT2D eigenvalue weighted by atomic mass is 16.4. The highest BCUT2D eigenvalue weighted by Gasteiger charge is 2.25. The second-order valence-electron chi connectivity index (χ2n) is 12.0. The zero-order valence-electron chi connectivity index (χ0n) is 25.6. The standard InChI is InChI=1S/C43H26N2O3/c1-3-11-27(12-4-1)28-19-21-30(22-20-28)45(31-23-24-38-34(25-31)32-15-7-9-17-36(32)46-38)35-26-39-41(44-43(48-39)29-13-5-2-6-14-29)40-33-16-8-10-18-37(33)47-42(35)40/h1-26H. The summed E-state index contributed by atoms with van der Waals surface area (Å²) in [6, 6.07) is 53.8. The molecule has 10 aromatic rings. The van der Waals surface area contributed by atoms with Crippen LogP contribution in [0.5, 0.6) is 0 Å². The van der Waals surface area contributed by atoms with Crippen molar-refractivity contribution in [2.75, 3.05) is 4.90 Å². The van der Waals surface area contributed by atoms with E-state index in [1.54, 1.807) is 0 Å². The summed E-state index contributed by atoms with van der Waals surface area (Å²) in [6.07, 6.45) is 0. The summed E-state index contributed by atoms with van der Waals surface area (Å²) < 4.78 is 19.5. The monoisotopic (exact) mass is 618 g/mol. The Labute approximate surface area is 274 Å². The van der Waals surface area contributed by atoms with Crippen LogP contribution in [-0.2, 0) is 0 Å². The average Bonchev–Trinajstić information content (AvgIpc) is 3.86. The minimum absolute atomic E-state index is 0.569. The number of fused-ring (bicyclic) bond motifs is 8. The molecule has 5 nitrogen and oxygen atoms in total. The van der Waals surface area contributed by atoms with Gasteiger partial charge in [-0.25, -0.2) is 4.98 Å². The van der Waals surface area contributed by atoms with Gasteiger partial charge in [0, 0.05) is 39.2 Å². The minimum atomic E-state index is 0.569. The first-order chi connectivity index (χ1) is 23.8. The number of nitrogens with zero attached hydrogens (tertiary/aromatic N) is 2. The van der Waals surface area contributed by atoms with E-state index in [4.69, 9.17) is 18.2 Å². The fourth-order valence-corrected chi connectivity index (χ4v) is 6.84. The summed E-state index contributed by atoms with van der Waals surface area (Å²) in [7, 11) is 0. The SMILES string of the molecule is c1ccc(-c2ccc(N(c3ccc4oc5ccccc5c4c3)c3cc4oc(-c5ccccc5)nc4c4c3oc3ccccc34)cc2)cc1. The maximum absolute atomic E-state index is 6.72. The van der Waals surface area contributed by atoms with Crippen LogP contribution >= 0.6 is 0 Å². The first kappa shape index (κ1) is 26.6. The van der Waals surface area contributed by atoms with Crippen molar-refractivity contribution in [1.82, 2.24) is 4.98 Å². The van der Waals surface area contributed by atoms with Gasteiger partial charge >= 0.3 is 0 Å². The lowest BCUT2D eigenvalue weighted by Gasteiger charge is -2.26. The molecular weight excluding hydrogens is 592 g/mol. The summed E-state index contributed by atoms with van der Waals surface area (Å²) in [5.41, 5.74) is 10.7. The van der Waals surface area contributed by atoms with Crippen molar-refractivity contribution in [3.05, 3.63) is 158 Å². The molecule has 0 unspecified atom stereocenters. The lowest BCUT2D eigenvalue weighted by molar-refractivity contribution is 0.619. The molecule has 0 spiro atoms. The van der Waals surface area contributed by atoms with Gasteiger partial charge in [-0.15, -0.1) is 0 Å². The maximum Gasteiger partial charge on any atom is 0.227 e. The van der Waals surface area contributed by atoms with E-state index in [0.717, 1.165) is 83.1 Å². The van der Waals surface area contributed by atoms with Gasteiger partial charge in [0.05, 0.1) is 11.1 Å². The van der Waals surface area contributed by atoms with E-state index in [2.05, 4.69) is 83.8 Å². The van der Waals surface area contributed by atoms with Crippen LogP contribution in [0.25, 0.3) is 77.6 Å². The summed E-state index contributed by atoms with van der Waals surface area (Å²) in [5.74, 6) is 0.569. The van der Waals surface area contributed by atoms with Gasteiger partial charge in [0.1, 0.15) is 22.3 Å². The van der Waals surface area contributed by atoms with E-state index < -0.39 is 0 Å². The summed E-state index contributed by atoms with van der Waals surface area (Å²) in [4.78, 5) is 7.28. The Kier molecular flexibility index (Phi) is 5.81. The zero-order valence-corrected chi connectivity index (χ0v) is 25.6. The number of oxazole rings is 1. The first-order valence-corrected chi connectivity index (χ1v) is 16.0. The van der Waals surface area contributed by atoms with E-state index in [9.17, 15) is 0 Å². The number of para-hydroxylation sites is 2. The predicted octanol–water partition coefficient (Wildman–Crippen LogP) is 12.4. The molecule has 226 valence electrons. The Morgan fingerprint density at radius 1 is 0.417 bits per heavy atom. The van der Waals surface area contributed by atoms with E-state index in [0.29, 0.717) is 11.5 Å². The molecule has 7 aromatic carbocycles. The van der Waals surface area contributed by atoms with Gasteiger partial charge in [0.25, 0.3) is 0 Å². The number of furan rings is 2. The molecule has 0 radical (unpaired) electrons. The Morgan fingerprint density at radius 3 is 1.79 bits per heavy atom. The van der Waals surface area contributed by atoms with Crippen molar-refractivity contribution in [2.24, 2.45) is 0 Å². The molecule has 0 aliphatic rings. The van der Waals surface area contributed by atoms with Gasteiger partial charge in [-0.05, 0) is 65.7 Å². The molecule has 10 rings (SSSR count). The minimum Gasteiger partial charge on any atom is -0.456 e. The van der Waals surface area contributed by atoms with Gasteiger partial charge in [-0.3, -0.25) is 0 Å². The molecule has 0 N–H and O–H groups in total. The normalized spacial score (nSPS) is 11.8. The van der Waals surface area contributed by atoms with Gasteiger partial charge < -0.3 is 18.2 Å². The number of hydrogen-bond acceptors (Lipinski definition) is 5. The molecule has 5 heteroatoms. The Bertz CT molecular complexity index is 2770. The third kappa shape index (κ3) is 4.15. The number of hydrogen-bond donors (Lipinski definition) is 0. The van der Waals surface area contributed by atoms with Crippen LogP contribution < -0.4 is 4.90 Å². The van der Waals surface area contributed by atoms with Gasteiger partial charge in [-0.1, -0.05) is 97.1 Å². The maximum atomic E-state index is 6.72. The molecule has 48 heavy (non-hydrogen) atoms. The molecule has 0 saturated carbocycles.